The van der Waals surface area contributed by atoms with Crippen LogP contribution in [-0.2, 0) is 10.2 Å². The summed E-state index contributed by atoms with van der Waals surface area (Å²) in [4.78, 5) is 35.7. The fourth-order valence-corrected chi connectivity index (χ4v) is 5.24. The van der Waals surface area contributed by atoms with Gasteiger partial charge in [0.15, 0.2) is 5.13 Å². The number of rotatable bonds is 4. The third-order valence-corrected chi connectivity index (χ3v) is 7.35. The van der Waals surface area contributed by atoms with Gasteiger partial charge < -0.3 is 10.6 Å². The zero-order chi connectivity index (χ0) is 18.5. The summed E-state index contributed by atoms with van der Waals surface area (Å²) in [5.41, 5.74) is 7.40. The molecule has 3 amide bonds. The fraction of sp³-hybridized carbons (Fsp3) is 0.529. The van der Waals surface area contributed by atoms with Gasteiger partial charge in [0.25, 0.3) is 0 Å². The van der Waals surface area contributed by atoms with Crippen LogP contribution in [0.5, 0.6) is 0 Å². The number of aryl methyl sites for hydroxylation is 1. The second-order valence-corrected chi connectivity index (χ2v) is 9.07. The van der Waals surface area contributed by atoms with Crippen molar-refractivity contribution >= 4 is 39.7 Å². The molecule has 1 aliphatic carbocycles. The molecule has 0 spiro atoms. The number of anilines is 1. The Morgan fingerprint density at radius 1 is 1.38 bits per heavy atom. The van der Waals surface area contributed by atoms with Crippen LogP contribution in [0.25, 0.3) is 10.6 Å². The fourth-order valence-electron chi connectivity index (χ4n) is 3.21. The summed E-state index contributed by atoms with van der Waals surface area (Å²) >= 11 is 3.10. The molecular weight excluding hydrogens is 370 g/mol. The maximum atomic E-state index is 12.5. The Hall–Kier alpha value is -2.00. The van der Waals surface area contributed by atoms with Crippen molar-refractivity contribution in [3.05, 3.63) is 16.1 Å². The summed E-state index contributed by atoms with van der Waals surface area (Å²) in [6.45, 7) is 4.69. The number of urea groups is 1. The van der Waals surface area contributed by atoms with E-state index in [1.54, 1.807) is 11.3 Å². The molecule has 1 aliphatic heterocycles. The maximum Gasteiger partial charge on any atom is 0.324 e. The first kappa shape index (κ1) is 17.4. The Labute approximate surface area is 159 Å². The molecule has 3 heterocycles. The van der Waals surface area contributed by atoms with E-state index >= 15 is 0 Å². The largest absolute Gasteiger partial charge is 0.368 e. The zero-order valence-electron chi connectivity index (χ0n) is 14.7. The van der Waals surface area contributed by atoms with Gasteiger partial charge in [-0.2, -0.15) is 0 Å². The molecule has 0 aromatic carbocycles. The highest BCUT2D eigenvalue weighted by Gasteiger charge is 2.42. The van der Waals surface area contributed by atoms with E-state index in [4.69, 9.17) is 10.7 Å². The van der Waals surface area contributed by atoms with Crippen LogP contribution in [0.15, 0.2) is 5.38 Å². The highest BCUT2D eigenvalue weighted by molar-refractivity contribution is 7.19. The molecule has 2 aromatic rings. The number of carbonyl (C=O) groups is 2. The average molecular weight is 392 g/mol. The van der Waals surface area contributed by atoms with E-state index in [2.05, 4.69) is 22.6 Å². The Bertz CT molecular complexity index is 870. The Morgan fingerprint density at radius 3 is 2.85 bits per heavy atom. The van der Waals surface area contributed by atoms with E-state index in [-0.39, 0.29) is 11.4 Å². The van der Waals surface area contributed by atoms with Crippen LogP contribution >= 0.6 is 22.7 Å². The van der Waals surface area contributed by atoms with Crippen LogP contribution in [0.3, 0.4) is 0 Å². The van der Waals surface area contributed by atoms with Crippen molar-refractivity contribution in [2.24, 2.45) is 5.73 Å². The molecule has 0 radical (unpaired) electrons. The molecule has 26 heavy (non-hydrogen) atoms. The lowest BCUT2D eigenvalue weighted by atomic mass is 10.2. The number of carbonyl (C=O) groups excluding carboxylic acids is 2. The number of thiazole rings is 2. The van der Waals surface area contributed by atoms with Gasteiger partial charge >= 0.3 is 6.03 Å². The first-order valence-electron chi connectivity index (χ1n) is 8.68. The molecule has 0 bridgehead atoms. The summed E-state index contributed by atoms with van der Waals surface area (Å²) in [5.74, 6) is -0.461. The minimum atomic E-state index is -0.532. The molecule has 0 unspecified atom stereocenters. The van der Waals surface area contributed by atoms with Crippen molar-refractivity contribution in [2.45, 2.75) is 51.0 Å². The predicted octanol–water partition coefficient (Wildman–Crippen LogP) is 3.11. The van der Waals surface area contributed by atoms with Gasteiger partial charge in [-0.1, -0.05) is 18.3 Å². The third kappa shape index (κ3) is 3.09. The van der Waals surface area contributed by atoms with Crippen LogP contribution in [0.2, 0.25) is 0 Å². The lowest BCUT2D eigenvalue weighted by molar-refractivity contribution is -0.121. The standard InChI is InChI=1S/C17H21N5O2S2/c1-9-12(10-8-25-14(20-10)17(2)5-6-17)26-15(19-9)21-16(24)22-7-3-4-11(22)13(18)23/h8,11H,3-7H2,1-2H3,(H2,18,23)(H,19,21,24)/t11-/m0/s1. The third-order valence-electron chi connectivity index (χ3n) is 5.11. The number of aromatic nitrogens is 2. The highest BCUT2D eigenvalue weighted by Crippen LogP contribution is 2.49. The van der Waals surface area contributed by atoms with Crippen molar-refractivity contribution in [1.29, 1.82) is 0 Å². The van der Waals surface area contributed by atoms with Crippen molar-refractivity contribution in [1.82, 2.24) is 14.9 Å². The normalized spacial score (nSPS) is 21.0. The summed E-state index contributed by atoms with van der Waals surface area (Å²) in [7, 11) is 0. The summed E-state index contributed by atoms with van der Waals surface area (Å²) in [6.07, 6.45) is 3.79. The smallest absolute Gasteiger partial charge is 0.324 e. The van der Waals surface area contributed by atoms with Crippen LogP contribution < -0.4 is 11.1 Å². The quantitative estimate of drug-likeness (QED) is 0.836. The van der Waals surface area contributed by atoms with Gasteiger partial charge in [0, 0.05) is 17.3 Å². The lowest BCUT2D eigenvalue weighted by Gasteiger charge is -2.21. The molecule has 2 fully saturated rings. The Balaban J connectivity index is 1.50. The molecule has 1 atom stereocenters. The zero-order valence-corrected chi connectivity index (χ0v) is 16.4. The molecule has 138 valence electrons. The van der Waals surface area contributed by atoms with E-state index in [1.807, 2.05) is 6.92 Å². The van der Waals surface area contributed by atoms with Gasteiger partial charge in [-0.15, -0.1) is 11.3 Å². The lowest BCUT2D eigenvalue weighted by Crippen LogP contribution is -2.45. The number of hydrogen-bond acceptors (Lipinski definition) is 6. The summed E-state index contributed by atoms with van der Waals surface area (Å²) in [6, 6.07) is -0.855. The second kappa shape index (κ2) is 6.31. The van der Waals surface area contributed by atoms with Crippen LogP contribution in [0.1, 0.15) is 43.3 Å². The van der Waals surface area contributed by atoms with Crippen molar-refractivity contribution < 1.29 is 9.59 Å². The van der Waals surface area contributed by atoms with Gasteiger partial charge in [-0.3, -0.25) is 10.1 Å². The maximum absolute atomic E-state index is 12.5. The van der Waals surface area contributed by atoms with E-state index in [0.29, 0.717) is 18.1 Å². The van der Waals surface area contributed by atoms with Crippen LogP contribution in [0.4, 0.5) is 9.93 Å². The van der Waals surface area contributed by atoms with E-state index in [0.717, 1.165) is 22.7 Å². The Kier molecular flexibility index (Phi) is 4.23. The molecule has 3 N–H and O–H groups in total. The van der Waals surface area contributed by atoms with Crippen LogP contribution in [0, 0.1) is 6.92 Å². The minimum absolute atomic E-state index is 0.248. The molecule has 2 aromatic heterocycles. The number of nitrogens with two attached hydrogens (primary N) is 1. The molecular formula is C17H21N5O2S2. The topological polar surface area (TPSA) is 101 Å². The first-order valence-corrected chi connectivity index (χ1v) is 10.4. The van der Waals surface area contributed by atoms with E-state index in [9.17, 15) is 9.59 Å². The average Bonchev–Trinajstić information content (AvgIpc) is 3.05. The van der Waals surface area contributed by atoms with Crippen molar-refractivity contribution in [3.8, 4) is 10.6 Å². The van der Waals surface area contributed by atoms with Crippen LogP contribution in [-0.4, -0.2) is 39.4 Å². The van der Waals surface area contributed by atoms with Crippen molar-refractivity contribution in [3.63, 3.8) is 0 Å². The van der Waals surface area contributed by atoms with Gasteiger partial charge in [-0.05, 0) is 32.6 Å². The summed E-state index contributed by atoms with van der Waals surface area (Å²) in [5, 5.41) is 6.57. The second-order valence-electron chi connectivity index (χ2n) is 7.22. The number of primary amides is 1. The number of hydrogen-bond donors (Lipinski definition) is 2. The number of nitrogens with one attached hydrogen (secondary N) is 1. The van der Waals surface area contributed by atoms with E-state index in [1.165, 1.54) is 34.1 Å². The monoisotopic (exact) mass is 391 g/mol. The predicted molar refractivity (Wildman–Crippen MR) is 102 cm³/mol. The molecule has 4 rings (SSSR count). The van der Waals surface area contributed by atoms with Gasteiger partial charge in [-0.25, -0.2) is 14.8 Å². The molecule has 9 heteroatoms. The molecule has 1 saturated heterocycles. The Morgan fingerprint density at radius 2 is 2.15 bits per heavy atom. The molecule has 1 saturated carbocycles. The number of likely N-dealkylation sites (tertiary alicyclic amines) is 1. The van der Waals surface area contributed by atoms with Gasteiger partial charge in [0.1, 0.15) is 6.04 Å². The van der Waals surface area contributed by atoms with Gasteiger partial charge in [0.05, 0.1) is 21.3 Å². The summed E-state index contributed by atoms with van der Waals surface area (Å²) < 4.78 is 0. The number of amides is 3. The first-order chi connectivity index (χ1) is 12.4. The molecule has 2 aliphatic rings. The number of nitrogens with zero attached hydrogens (tertiary/aromatic N) is 3. The van der Waals surface area contributed by atoms with E-state index < -0.39 is 11.9 Å². The minimum Gasteiger partial charge on any atom is -0.368 e. The van der Waals surface area contributed by atoms with Gasteiger partial charge in [0.2, 0.25) is 5.91 Å². The van der Waals surface area contributed by atoms with Crippen molar-refractivity contribution in [2.75, 3.05) is 11.9 Å². The molecule has 7 nitrogen and oxygen atoms in total. The highest BCUT2D eigenvalue weighted by atomic mass is 32.1. The SMILES string of the molecule is Cc1nc(NC(=O)N2CCC[C@H]2C(N)=O)sc1-c1csc(C2(C)CC2)n1.